The first-order valence-corrected chi connectivity index (χ1v) is 6.19. The second-order valence-corrected chi connectivity index (χ2v) is 4.37. The van der Waals surface area contributed by atoms with Gasteiger partial charge in [0.2, 0.25) is 0 Å². The second kappa shape index (κ2) is 6.43. The molecule has 0 unspecified atom stereocenters. The first-order chi connectivity index (χ1) is 10.9. The molecule has 1 N–H and O–H groups in total. The molecule has 0 aliphatic rings. The highest BCUT2D eigenvalue weighted by atomic mass is 16.6. The van der Waals surface area contributed by atoms with E-state index in [1.807, 2.05) is 0 Å². The maximum absolute atomic E-state index is 11.0. The summed E-state index contributed by atoms with van der Waals surface area (Å²) in [6.07, 6.45) is 1.31. The Hall–Kier alpha value is -3.62. The molecule has 0 atom stereocenters. The van der Waals surface area contributed by atoms with E-state index in [9.17, 15) is 25.0 Å². The summed E-state index contributed by atoms with van der Waals surface area (Å²) in [4.78, 5) is 34.8. The zero-order valence-electron chi connectivity index (χ0n) is 11.4. The molecule has 2 aromatic rings. The molecule has 0 radical (unpaired) electrons. The van der Waals surface area contributed by atoms with Gasteiger partial charge in [-0.3, -0.25) is 20.2 Å². The molecule has 0 spiro atoms. The molecule has 23 heavy (non-hydrogen) atoms. The Bertz CT molecular complexity index is 814. The molecule has 0 heterocycles. The lowest BCUT2D eigenvalue weighted by Crippen LogP contribution is -1.95. The number of nitrogens with zero attached hydrogens (tertiary/aromatic N) is 3. The standard InChI is InChI=1S/C14H9N3O6/c18-14(19)10-3-1-9(2-4-10)8-15-12-6-5-11(16(20)21)7-13(12)17(22)23/h1-8H,(H,18,19)/b15-8+. The number of non-ortho nitro benzene ring substituents is 1. The van der Waals surface area contributed by atoms with Crippen molar-refractivity contribution in [3.8, 4) is 0 Å². The van der Waals surface area contributed by atoms with E-state index in [-0.39, 0.29) is 11.3 Å². The molecule has 0 aliphatic heterocycles. The topological polar surface area (TPSA) is 136 Å². The fraction of sp³-hybridized carbons (Fsp3) is 0. The van der Waals surface area contributed by atoms with E-state index in [2.05, 4.69) is 4.99 Å². The van der Waals surface area contributed by atoms with Crippen molar-refractivity contribution in [2.75, 3.05) is 0 Å². The number of aliphatic imine (C=N–C) groups is 1. The monoisotopic (exact) mass is 315 g/mol. The van der Waals surface area contributed by atoms with Crippen LogP contribution in [-0.4, -0.2) is 27.1 Å². The van der Waals surface area contributed by atoms with Crippen LogP contribution in [0.25, 0.3) is 0 Å². The number of carboxylic acids is 1. The summed E-state index contributed by atoms with van der Waals surface area (Å²) in [5, 5.41) is 30.4. The van der Waals surface area contributed by atoms with Gasteiger partial charge in [-0.2, -0.15) is 0 Å². The fourth-order valence-electron chi connectivity index (χ4n) is 1.74. The van der Waals surface area contributed by atoms with Gasteiger partial charge in [-0.1, -0.05) is 12.1 Å². The van der Waals surface area contributed by atoms with Crippen LogP contribution in [0.5, 0.6) is 0 Å². The summed E-state index contributed by atoms with van der Waals surface area (Å²) in [7, 11) is 0. The van der Waals surface area contributed by atoms with Crippen molar-refractivity contribution >= 4 is 29.2 Å². The quantitative estimate of drug-likeness (QED) is 0.511. The molecule has 9 nitrogen and oxygen atoms in total. The number of carbonyl (C=O) groups is 1. The molecule has 9 heteroatoms. The zero-order chi connectivity index (χ0) is 17.0. The van der Waals surface area contributed by atoms with Crippen LogP contribution in [0.2, 0.25) is 0 Å². The Labute approximate surface area is 128 Å². The van der Waals surface area contributed by atoms with E-state index in [1.54, 1.807) is 0 Å². The van der Waals surface area contributed by atoms with Crippen LogP contribution < -0.4 is 0 Å². The minimum Gasteiger partial charge on any atom is -0.478 e. The van der Waals surface area contributed by atoms with Gasteiger partial charge in [-0.05, 0) is 23.8 Å². The summed E-state index contributed by atoms with van der Waals surface area (Å²) in [6, 6.07) is 8.85. The van der Waals surface area contributed by atoms with Crippen LogP contribution in [-0.2, 0) is 0 Å². The van der Waals surface area contributed by atoms with Crippen molar-refractivity contribution in [2.24, 2.45) is 4.99 Å². The van der Waals surface area contributed by atoms with Crippen molar-refractivity contribution in [3.63, 3.8) is 0 Å². The summed E-state index contributed by atoms with van der Waals surface area (Å²) in [5.74, 6) is -1.07. The predicted molar refractivity (Wildman–Crippen MR) is 80.4 cm³/mol. The maximum atomic E-state index is 11.0. The maximum Gasteiger partial charge on any atom is 0.335 e. The van der Waals surface area contributed by atoms with Crippen LogP contribution in [0.15, 0.2) is 47.5 Å². The van der Waals surface area contributed by atoms with Crippen molar-refractivity contribution in [3.05, 3.63) is 73.8 Å². The van der Waals surface area contributed by atoms with Gasteiger partial charge in [-0.25, -0.2) is 9.79 Å². The molecule has 0 saturated carbocycles. The SMILES string of the molecule is O=C(O)c1ccc(/C=N/c2ccc([N+](=O)[O-])cc2[N+](=O)[O-])cc1. The molecule has 116 valence electrons. The first-order valence-electron chi connectivity index (χ1n) is 6.19. The summed E-state index contributed by atoms with van der Waals surface area (Å²) < 4.78 is 0. The van der Waals surface area contributed by atoms with Crippen molar-refractivity contribution in [1.29, 1.82) is 0 Å². The second-order valence-electron chi connectivity index (χ2n) is 4.37. The molecule has 0 fully saturated rings. The molecular weight excluding hydrogens is 306 g/mol. The fourth-order valence-corrected chi connectivity index (χ4v) is 1.74. The van der Waals surface area contributed by atoms with Crippen LogP contribution in [0.3, 0.4) is 0 Å². The number of hydrogen-bond donors (Lipinski definition) is 1. The van der Waals surface area contributed by atoms with E-state index in [0.717, 1.165) is 12.1 Å². The minimum absolute atomic E-state index is 0.0390. The Morgan fingerprint density at radius 3 is 2.22 bits per heavy atom. The van der Waals surface area contributed by atoms with E-state index in [0.29, 0.717) is 5.56 Å². The van der Waals surface area contributed by atoms with Gasteiger partial charge in [0.1, 0.15) is 5.69 Å². The third-order valence-electron chi connectivity index (χ3n) is 2.88. The summed E-state index contributed by atoms with van der Waals surface area (Å²) >= 11 is 0. The molecule has 2 rings (SSSR count). The van der Waals surface area contributed by atoms with Crippen molar-refractivity contribution in [2.45, 2.75) is 0 Å². The predicted octanol–water partition coefficient (Wildman–Crippen LogP) is 2.95. The molecule has 0 aliphatic carbocycles. The van der Waals surface area contributed by atoms with Crippen LogP contribution in [0.1, 0.15) is 15.9 Å². The van der Waals surface area contributed by atoms with Gasteiger partial charge in [0.05, 0.1) is 21.5 Å². The van der Waals surface area contributed by atoms with E-state index in [4.69, 9.17) is 5.11 Å². The highest BCUT2D eigenvalue weighted by Gasteiger charge is 2.18. The van der Waals surface area contributed by atoms with Gasteiger partial charge in [-0.15, -0.1) is 0 Å². The Morgan fingerprint density at radius 1 is 1.04 bits per heavy atom. The van der Waals surface area contributed by atoms with Crippen LogP contribution in [0.4, 0.5) is 17.1 Å². The smallest absolute Gasteiger partial charge is 0.335 e. The largest absolute Gasteiger partial charge is 0.478 e. The van der Waals surface area contributed by atoms with E-state index >= 15 is 0 Å². The minimum atomic E-state index is -1.07. The number of nitro benzene ring substituents is 2. The molecule has 0 bridgehead atoms. The molecule has 0 aromatic heterocycles. The Kier molecular flexibility index (Phi) is 4.41. The molecule has 2 aromatic carbocycles. The van der Waals surface area contributed by atoms with Crippen LogP contribution >= 0.6 is 0 Å². The lowest BCUT2D eigenvalue weighted by Gasteiger charge is -1.98. The molecule has 0 saturated heterocycles. The number of nitro groups is 2. The number of rotatable bonds is 5. The number of hydrogen-bond acceptors (Lipinski definition) is 6. The zero-order valence-corrected chi connectivity index (χ0v) is 11.4. The van der Waals surface area contributed by atoms with E-state index in [1.165, 1.54) is 36.5 Å². The van der Waals surface area contributed by atoms with E-state index < -0.39 is 27.2 Å². The Morgan fingerprint density at radius 2 is 1.70 bits per heavy atom. The molecular formula is C14H9N3O6. The summed E-state index contributed by atoms with van der Waals surface area (Å²) in [5.41, 5.74) is -0.298. The number of aromatic carboxylic acids is 1. The van der Waals surface area contributed by atoms with Gasteiger partial charge < -0.3 is 5.11 Å². The highest BCUT2D eigenvalue weighted by Crippen LogP contribution is 2.31. The van der Waals surface area contributed by atoms with Gasteiger partial charge in [0, 0.05) is 12.3 Å². The third kappa shape index (κ3) is 3.73. The van der Waals surface area contributed by atoms with Gasteiger partial charge in [0.15, 0.2) is 0 Å². The van der Waals surface area contributed by atoms with Crippen LogP contribution in [0, 0.1) is 20.2 Å². The van der Waals surface area contributed by atoms with Gasteiger partial charge >= 0.3 is 11.7 Å². The summed E-state index contributed by atoms with van der Waals surface area (Å²) in [6.45, 7) is 0. The average molecular weight is 315 g/mol. The lowest BCUT2D eigenvalue weighted by molar-refractivity contribution is -0.393. The normalized spacial score (nSPS) is 10.6. The molecule has 0 amide bonds. The third-order valence-corrected chi connectivity index (χ3v) is 2.88. The number of benzene rings is 2. The van der Waals surface area contributed by atoms with Crippen molar-refractivity contribution in [1.82, 2.24) is 0 Å². The average Bonchev–Trinajstić information content (AvgIpc) is 2.52. The Balaban J connectivity index is 2.33. The first kappa shape index (κ1) is 15.8. The number of carboxylic acid groups (broad SMARTS) is 1. The van der Waals surface area contributed by atoms with Gasteiger partial charge in [0.25, 0.3) is 5.69 Å². The van der Waals surface area contributed by atoms with Crippen molar-refractivity contribution < 1.29 is 19.7 Å². The highest BCUT2D eigenvalue weighted by molar-refractivity contribution is 5.89. The lowest BCUT2D eigenvalue weighted by atomic mass is 10.1.